The highest BCUT2D eigenvalue weighted by Crippen LogP contribution is 2.16. The fraction of sp³-hybridized carbons (Fsp3) is 0.150. The van der Waals surface area contributed by atoms with Crippen LogP contribution in [0.4, 0.5) is 5.69 Å². The molecule has 1 aromatic heterocycles. The minimum absolute atomic E-state index is 0.151. The molecule has 26 heavy (non-hydrogen) atoms. The van der Waals surface area contributed by atoms with Crippen molar-refractivity contribution in [2.45, 2.75) is 20.8 Å². The summed E-state index contributed by atoms with van der Waals surface area (Å²) in [5.74, 6) is -1.02. The molecule has 0 aliphatic rings. The topological polar surface area (TPSA) is 87.4 Å². The van der Waals surface area contributed by atoms with E-state index in [0.29, 0.717) is 16.9 Å². The Morgan fingerprint density at radius 3 is 2.62 bits per heavy atom. The number of carboxylic acid groups (broad SMARTS) is 1. The maximum absolute atomic E-state index is 12.8. The van der Waals surface area contributed by atoms with Crippen molar-refractivity contribution < 1.29 is 9.90 Å². The standard InChI is InChI=1S/C20H19N3O3/c1-12-7-8-18(13(2)9-12)23-19(24)17(14(3)22-23)11-21-16-6-4-5-15(10-16)20(25)26/h4-11,22H,1-3H3,(H,25,26). The number of benzene rings is 2. The number of aromatic carboxylic acids is 1. The Labute approximate surface area is 150 Å². The average Bonchev–Trinajstić information content (AvgIpc) is 2.87. The smallest absolute Gasteiger partial charge is 0.335 e. The van der Waals surface area contributed by atoms with Crippen LogP contribution in [0.1, 0.15) is 32.7 Å². The molecule has 0 aliphatic heterocycles. The van der Waals surface area contributed by atoms with Crippen LogP contribution in [0.5, 0.6) is 0 Å². The lowest BCUT2D eigenvalue weighted by Crippen LogP contribution is -2.18. The summed E-state index contributed by atoms with van der Waals surface area (Å²) in [5.41, 5.74) is 4.46. The van der Waals surface area contributed by atoms with Crippen LogP contribution in [-0.4, -0.2) is 27.1 Å². The van der Waals surface area contributed by atoms with Crippen molar-refractivity contribution in [3.63, 3.8) is 0 Å². The van der Waals surface area contributed by atoms with Gasteiger partial charge in [-0.05, 0) is 50.6 Å². The molecular weight excluding hydrogens is 330 g/mol. The first-order chi connectivity index (χ1) is 12.4. The van der Waals surface area contributed by atoms with Crippen LogP contribution < -0.4 is 5.56 Å². The number of aromatic amines is 1. The van der Waals surface area contributed by atoms with Crippen molar-refractivity contribution in [1.29, 1.82) is 0 Å². The molecule has 132 valence electrons. The highest BCUT2D eigenvalue weighted by Gasteiger charge is 2.12. The number of aromatic nitrogens is 2. The normalized spacial score (nSPS) is 11.2. The molecule has 3 rings (SSSR count). The Kier molecular flexibility index (Phi) is 4.58. The summed E-state index contributed by atoms with van der Waals surface area (Å²) in [6.45, 7) is 5.76. The molecule has 1 heterocycles. The van der Waals surface area contributed by atoms with Crippen LogP contribution in [0.2, 0.25) is 0 Å². The molecule has 6 heteroatoms. The summed E-state index contributed by atoms with van der Waals surface area (Å²) in [6.07, 6.45) is 1.47. The fourth-order valence-corrected chi connectivity index (χ4v) is 2.80. The van der Waals surface area contributed by atoms with Gasteiger partial charge in [-0.1, -0.05) is 23.8 Å². The van der Waals surface area contributed by atoms with Crippen molar-refractivity contribution in [3.8, 4) is 5.69 Å². The predicted molar refractivity (Wildman–Crippen MR) is 101 cm³/mol. The number of carbonyl (C=O) groups is 1. The van der Waals surface area contributed by atoms with E-state index in [1.165, 1.54) is 23.0 Å². The van der Waals surface area contributed by atoms with Gasteiger partial charge in [-0.25, -0.2) is 9.48 Å². The van der Waals surface area contributed by atoms with Crippen molar-refractivity contribution in [2.75, 3.05) is 0 Å². The van der Waals surface area contributed by atoms with Gasteiger partial charge in [0.25, 0.3) is 5.56 Å². The van der Waals surface area contributed by atoms with Gasteiger partial charge >= 0.3 is 5.97 Å². The quantitative estimate of drug-likeness (QED) is 0.706. The largest absolute Gasteiger partial charge is 0.478 e. The summed E-state index contributed by atoms with van der Waals surface area (Å²) in [5, 5.41) is 12.1. The molecule has 0 bridgehead atoms. The zero-order valence-corrected chi connectivity index (χ0v) is 14.8. The van der Waals surface area contributed by atoms with E-state index in [0.717, 1.165) is 16.8 Å². The summed E-state index contributed by atoms with van der Waals surface area (Å²) in [7, 11) is 0. The van der Waals surface area contributed by atoms with Gasteiger partial charge < -0.3 is 5.11 Å². The molecular formula is C20H19N3O3. The third kappa shape index (κ3) is 3.35. The number of carboxylic acids is 1. The summed E-state index contributed by atoms with van der Waals surface area (Å²) < 4.78 is 1.50. The van der Waals surface area contributed by atoms with Gasteiger partial charge in [0, 0.05) is 11.9 Å². The molecule has 3 aromatic rings. The van der Waals surface area contributed by atoms with Crippen molar-refractivity contribution in [1.82, 2.24) is 9.78 Å². The van der Waals surface area contributed by atoms with E-state index < -0.39 is 5.97 Å². The average molecular weight is 349 g/mol. The molecule has 2 N–H and O–H groups in total. The predicted octanol–water partition coefficient (Wildman–Crippen LogP) is 3.54. The Balaban J connectivity index is 2.00. The Bertz CT molecular complexity index is 1070. The van der Waals surface area contributed by atoms with Crippen molar-refractivity contribution in [3.05, 3.63) is 80.8 Å². The molecule has 0 aliphatic carbocycles. The van der Waals surface area contributed by atoms with Gasteiger partial charge in [0.15, 0.2) is 0 Å². The molecule has 0 amide bonds. The number of rotatable bonds is 4. The zero-order valence-electron chi connectivity index (χ0n) is 14.8. The van der Waals surface area contributed by atoms with Gasteiger partial charge in [0.1, 0.15) is 0 Å². The van der Waals surface area contributed by atoms with Crippen LogP contribution in [0.15, 0.2) is 52.3 Å². The number of aliphatic imine (C=N–C) groups is 1. The molecule has 0 spiro atoms. The molecule has 0 unspecified atom stereocenters. The minimum atomic E-state index is -1.02. The second-order valence-corrected chi connectivity index (χ2v) is 6.19. The summed E-state index contributed by atoms with van der Waals surface area (Å²) in [4.78, 5) is 28.1. The molecule has 2 aromatic carbocycles. The molecule has 0 saturated carbocycles. The van der Waals surface area contributed by atoms with Crippen LogP contribution in [0.3, 0.4) is 0 Å². The maximum Gasteiger partial charge on any atom is 0.335 e. The van der Waals surface area contributed by atoms with Gasteiger partial charge in [-0.15, -0.1) is 0 Å². The first kappa shape index (κ1) is 17.4. The number of hydrogen-bond donors (Lipinski definition) is 2. The molecule has 6 nitrogen and oxygen atoms in total. The number of H-pyrrole nitrogens is 1. The van der Waals surface area contributed by atoms with Gasteiger partial charge in [0.05, 0.1) is 22.5 Å². The number of aryl methyl sites for hydroxylation is 3. The van der Waals surface area contributed by atoms with E-state index in [1.54, 1.807) is 19.1 Å². The van der Waals surface area contributed by atoms with E-state index in [2.05, 4.69) is 10.1 Å². The van der Waals surface area contributed by atoms with E-state index in [4.69, 9.17) is 5.11 Å². The van der Waals surface area contributed by atoms with Crippen molar-refractivity contribution in [2.24, 2.45) is 4.99 Å². The first-order valence-electron chi connectivity index (χ1n) is 8.13. The number of nitrogens with zero attached hydrogens (tertiary/aromatic N) is 2. The highest BCUT2D eigenvalue weighted by molar-refractivity contribution is 5.89. The molecule has 0 saturated heterocycles. The first-order valence-corrected chi connectivity index (χ1v) is 8.13. The van der Waals surface area contributed by atoms with Crippen molar-refractivity contribution >= 4 is 17.9 Å². The van der Waals surface area contributed by atoms with Crippen LogP contribution in [-0.2, 0) is 0 Å². The van der Waals surface area contributed by atoms with E-state index in [9.17, 15) is 9.59 Å². The SMILES string of the molecule is Cc1ccc(-n2[nH]c(C)c(C=Nc3cccc(C(=O)O)c3)c2=O)c(C)c1. The van der Waals surface area contributed by atoms with E-state index in [1.807, 2.05) is 32.0 Å². The lowest BCUT2D eigenvalue weighted by atomic mass is 10.1. The lowest BCUT2D eigenvalue weighted by molar-refractivity contribution is 0.0697. The Morgan fingerprint density at radius 1 is 1.15 bits per heavy atom. The van der Waals surface area contributed by atoms with Gasteiger partial charge in [0.2, 0.25) is 0 Å². The van der Waals surface area contributed by atoms with Crippen LogP contribution in [0.25, 0.3) is 5.69 Å². The molecule has 0 atom stereocenters. The third-order valence-corrected chi connectivity index (χ3v) is 4.15. The fourth-order valence-electron chi connectivity index (χ4n) is 2.80. The van der Waals surface area contributed by atoms with Crippen LogP contribution >= 0.6 is 0 Å². The zero-order chi connectivity index (χ0) is 18.8. The summed E-state index contributed by atoms with van der Waals surface area (Å²) >= 11 is 0. The minimum Gasteiger partial charge on any atom is -0.478 e. The maximum atomic E-state index is 12.8. The number of nitrogens with one attached hydrogen (secondary N) is 1. The molecule has 0 fully saturated rings. The third-order valence-electron chi connectivity index (χ3n) is 4.15. The number of hydrogen-bond acceptors (Lipinski definition) is 3. The van der Waals surface area contributed by atoms with Crippen LogP contribution in [0, 0.1) is 20.8 Å². The summed E-state index contributed by atoms with van der Waals surface area (Å²) in [6, 6.07) is 12.1. The second-order valence-electron chi connectivity index (χ2n) is 6.19. The van der Waals surface area contributed by atoms with Gasteiger partial charge in [-0.2, -0.15) is 0 Å². The monoisotopic (exact) mass is 349 g/mol. The van der Waals surface area contributed by atoms with Gasteiger partial charge in [-0.3, -0.25) is 14.9 Å². The lowest BCUT2D eigenvalue weighted by Gasteiger charge is -2.06. The Morgan fingerprint density at radius 2 is 1.92 bits per heavy atom. The Hall–Kier alpha value is -3.41. The van der Waals surface area contributed by atoms with E-state index in [-0.39, 0.29) is 11.1 Å². The second kappa shape index (κ2) is 6.84. The highest BCUT2D eigenvalue weighted by atomic mass is 16.4. The molecule has 0 radical (unpaired) electrons. The van der Waals surface area contributed by atoms with E-state index >= 15 is 0 Å².